The molecule has 0 saturated carbocycles. The molecular formula is C17H26N3O4+. The Hall–Kier alpha value is -2.28. The van der Waals surface area contributed by atoms with Gasteiger partial charge in [0.15, 0.2) is 6.04 Å². The molecule has 2 rings (SSSR count). The summed E-state index contributed by atoms with van der Waals surface area (Å²) >= 11 is 0. The van der Waals surface area contributed by atoms with E-state index in [1.807, 2.05) is 31.2 Å². The maximum absolute atomic E-state index is 12.4. The van der Waals surface area contributed by atoms with Gasteiger partial charge in [-0.1, -0.05) is 0 Å². The van der Waals surface area contributed by atoms with Crippen LogP contribution in [-0.4, -0.2) is 62.8 Å². The van der Waals surface area contributed by atoms with Crippen molar-refractivity contribution in [3.63, 3.8) is 0 Å². The first-order valence-corrected chi connectivity index (χ1v) is 8.26. The minimum Gasteiger partial charge on any atom is -0.497 e. The molecule has 0 bridgehead atoms. The van der Waals surface area contributed by atoms with Gasteiger partial charge in [0.1, 0.15) is 5.75 Å². The van der Waals surface area contributed by atoms with Crippen molar-refractivity contribution in [1.29, 1.82) is 0 Å². The standard InChI is InChI=1S/C17H25N3O4/c1-4-24-17(22)20-11-9-19(10-12-20)13(2)16(21)18-14-5-7-15(23-3)8-6-14/h5-8,13H,4,9-12H2,1-3H3,(H,18,21)/p+1/t13-/m1/s1. The SMILES string of the molecule is CCOC(=O)N1CC[NH+]([C@H](C)C(=O)Nc2ccc(OC)cc2)CC1. The summed E-state index contributed by atoms with van der Waals surface area (Å²) in [6, 6.07) is 7.07. The molecule has 0 aliphatic carbocycles. The highest BCUT2D eigenvalue weighted by Gasteiger charge is 2.31. The van der Waals surface area contributed by atoms with E-state index in [4.69, 9.17) is 9.47 Å². The van der Waals surface area contributed by atoms with Crippen molar-refractivity contribution < 1.29 is 24.0 Å². The van der Waals surface area contributed by atoms with Crippen molar-refractivity contribution in [2.75, 3.05) is 45.2 Å². The molecule has 0 spiro atoms. The highest BCUT2D eigenvalue weighted by molar-refractivity contribution is 5.93. The number of hydrogen-bond donors (Lipinski definition) is 2. The summed E-state index contributed by atoms with van der Waals surface area (Å²) in [5, 5.41) is 2.92. The number of nitrogens with zero attached hydrogens (tertiary/aromatic N) is 1. The topological polar surface area (TPSA) is 72.3 Å². The highest BCUT2D eigenvalue weighted by atomic mass is 16.6. The van der Waals surface area contributed by atoms with Gasteiger partial charge in [-0.15, -0.1) is 0 Å². The van der Waals surface area contributed by atoms with Gasteiger partial charge in [0.25, 0.3) is 5.91 Å². The van der Waals surface area contributed by atoms with Gasteiger partial charge in [-0.2, -0.15) is 0 Å². The summed E-state index contributed by atoms with van der Waals surface area (Å²) in [5.41, 5.74) is 0.747. The number of ether oxygens (including phenoxy) is 2. The Morgan fingerprint density at radius 3 is 2.42 bits per heavy atom. The molecule has 1 atom stereocenters. The van der Waals surface area contributed by atoms with E-state index in [-0.39, 0.29) is 18.0 Å². The lowest BCUT2D eigenvalue weighted by Gasteiger charge is -2.34. The lowest BCUT2D eigenvalue weighted by molar-refractivity contribution is -0.917. The van der Waals surface area contributed by atoms with Crippen LogP contribution in [0.1, 0.15) is 13.8 Å². The number of piperazine rings is 1. The molecule has 1 aliphatic heterocycles. The van der Waals surface area contributed by atoms with Crippen LogP contribution in [0.2, 0.25) is 0 Å². The van der Waals surface area contributed by atoms with Gasteiger partial charge in [-0.05, 0) is 38.1 Å². The number of nitrogens with one attached hydrogen (secondary N) is 2. The fraction of sp³-hybridized carbons (Fsp3) is 0.529. The van der Waals surface area contributed by atoms with Gasteiger partial charge in [0.05, 0.1) is 39.9 Å². The Balaban J connectivity index is 1.84. The van der Waals surface area contributed by atoms with Gasteiger partial charge in [0.2, 0.25) is 0 Å². The van der Waals surface area contributed by atoms with Gasteiger partial charge in [-0.25, -0.2) is 4.79 Å². The van der Waals surface area contributed by atoms with Gasteiger partial charge in [-0.3, -0.25) is 9.69 Å². The van der Waals surface area contributed by atoms with Crippen LogP contribution in [0.15, 0.2) is 24.3 Å². The maximum Gasteiger partial charge on any atom is 0.410 e. The average Bonchev–Trinajstić information content (AvgIpc) is 2.62. The van der Waals surface area contributed by atoms with Gasteiger partial charge in [0, 0.05) is 5.69 Å². The third-order valence-corrected chi connectivity index (χ3v) is 4.29. The average molecular weight is 336 g/mol. The van der Waals surface area contributed by atoms with Crippen LogP contribution in [0.5, 0.6) is 5.75 Å². The van der Waals surface area contributed by atoms with Crippen LogP contribution >= 0.6 is 0 Å². The largest absolute Gasteiger partial charge is 0.497 e. The van der Waals surface area contributed by atoms with Crippen LogP contribution in [0.25, 0.3) is 0 Å². The Kier molecular flexibility index (Phi) is 6.43. The maximum atomic E-state index is 12.4. The second-order valence-corrected chi connectivity index (χ2v) is 5.78. The number of hydrogen-bond acceptors (Lipinski definition) is 4. The van der Waals surface area contributed by atoms with E-state index in [0.29, 0.717) is 19.7 Å². The zero-order valence-electron chi connectivity index (χ0n) is 14.5. The Bertz CT molecular complexity index is 553. The highest BCUT2D eigenvalue weighted by Crippen LogP contribution is 2.14. The van der Waals surface area contributed by atoms with E-state index in [1.165, 1.54) is 4.90 Å². The number of methoxy groups -OCH3 is 1. The first kappa shape index (κ1) is 18.1. The van der Waals surface area contributed by atoms with Crippen LogP contribution in [0, 0.1) is 0 Å². The van der Waals surface area contributed by atoms with E-state index in [1.54, 1.807) is 18.9 Å². The molecule has 1 aromatic rings. The van der Waals surface area contributed by atoms with Crippen LogP contribution in [0.4, 0.5) is 10.5 Å². The number of quaternary nitrogens is 1. The van der Waals surface area contributed by atoms with E-state index in [0.717, 1.165) is 24.5 Å². The van der Waals surface area contributed by atoms with Crippen molar-refractivity contribution in [3.05, 3.63) is 24.3 Å². The number of benzene rings is 1. The molecule has 24 heavy (non-hydrogen) atoms. The first-order chi connectivity index (χ1) is 11.5. The monoisotopic (exact) mass is 336 g/mol. The van der Waals surface area contributed by atoms with Crippen molar-refractivity contribution in [3.8, 4) is 5.75 Å². The number of anilines is 1. The van der Waals surface area contributed by atoms with E-state index < -0.39 is 0 Å². The smallest absolute Gasteiger partial charge is 0.410 e. The zero-order valence-corrected chi connectivity index (χ0v) is 14.5. The van der Waals surface area contributed by atoms with Crippen molar-refractivity contribution in [1.82, 2.24) is 4.90 Å². The molecule has 0 aromatic heterocycles. The van der Waals surface area contributed by atoms with Gasteiger partial charge < -0.3 is 19.7 Å². The lowest BCUT2D eigenvalue weighted by atomic mass is 10.2. The second kappa shape index (κ2) is 8.54. The molecule has 0 radical (unpaired) electrons. The molecule has 2 amide bonds. The molecule has 132 valence electrons. The molecule has 1 saturated heterocycles. The molecule has 1 fully saturated rings. The van der Waals surface area contributed by atoms with Crippen molar-refractivity contribution in [2.45, 2.75) is 19.9 Å². The summed E-state index contributed by atoms with van der Waals surface area (Å²) in [6.45, 7) is 6.76. The second-order valence-electron chi connectivity index (χ2n) is 5.78. The molecule has 1 heterocycles. The number of carbonyl (C=O) groups is 2. The quantitative estimate of drug-likeness (QED) is 0.815. The molecule has 0 unspecified atom stereocenters. The zero-order chi connectivity index (χ0) is 17.5. The molecular weight excluding hydrogens is 310 g/mol. The molecule has 7 heteroatoms. The number of rotatable bonds is 5. The van der Waals surface area contributed by atoms with Crippen LogP contribution < -0.4 is 15.0 Å². The molecule has 7 nitrogen and oxygen atoms in total. The molecule has 2 N–H and O–H groups in total. The lowest BCUT2D eigenvalue weighted by Crippen LogP contribution is -3.19. The van der Waals surface area contributed by atoms with Crippen LogP contribution in [0.3, 0.4) is 0 Å². The van der Waals surface area contributed by atoms with Crippen molar-refractivity contribution in [2.24, 2.45) is 0 Å². The van der Waals surface area contributed by atoms with E-state index >= 15 is 0 Å². The Labute approximate surface area is 142 Å². The summed E-state index contributed by atoms with van der Waals surface area (Å²) in [6.07, 6.45) is -0.271. The predicted molar refractivity (Wildman–Crippen MR) is 90.4 cm³/mol. The molecule has 1 aromatic carbocycles. The minimum atomic E-state index is -0.271. The summed E-state index contributed by atoms with van der Waals surface area (Å²) < 4.78 is 10.1. The Morgan fingerprint density at radius 1 is 1.25 bits per heavy atom. The van der Waals surface area contributed by atoms with E-state index in [9.17, 15) is 9.59 Å². The Morgan fingerprint density at radius 2 is 1.88 bits per heavy atom. The normalized spacial score (nSPS) is 16.4. The summed E-state index contributed by atoms with van der Waals surface area (Å²) in [5.74, 6) is 0.724. The van der Waals surface area contributed by atoms with E-state index in [2.05, 4.69) is 5.32 Å². The minimum absolute atomic E-state index is 0.0280. The summed E-state index contributed by atoms with van der Waals surface area (Å²) in [7, 11) is 1.61. The predicted octanol–water partition coefficient (Wildman–Crippen LogP) is 0.379. The van der Waals surface area contributed by atoms with Gasteiger partial charge >= 0.3 is 6.09 Å². The molecule has 1 aliphatic rings. The number of carbonyl (C=O) groups excluding carboxylic acids is 2. The summed E-state index contributed by atoms with van der Waals surface area (Å²) in [4.78, 5) is 27.0. The fourth-order valence-corrected chi connectivity index (χ4v) is 2.73. The fourth-order valence-electron chi connectivity index (χ4n) is 2.73. The first-order valence-electron chi connectivity index (χ1n) is 8.26. The van der Waals surface area contributed by atoms with Crippen molar-refractivity contribution >= 4 is 17.7 Å². The number of amides is 2. The van der Waals surface area contributed by atoms with Crippen LogP contribution in [-0.2, 0) is 9.53 Å². The third-order valence-electron chi connectivity index (χ3n) is 4.29. The third kappa shape index (κ3) is 4.61.